The SMILES string of the molecule is Cn1cc([S+](C)[O-])c(=O)c2sc(-c3ccccc3Cl)cc21. The summed E-state index contributed by atoms with van der Waals surface area (Å²) in [5.41, 5.74) is 1.57. The van der Waals surface area contributed by atoms with Gasteiger partial charge in [-0.3, -0.25) is 4.79 Å². The number of hydrogen-bond acceptors (Lipinski definition) is 3. The number of hydrogen-bond donors (Lipinski definition) is 0. The maximum atomic E-state index is 12.4. The molecule has 3 rings (SSSR count). The van der Waals surface area contributed by atoms with Gasteiger partial charge in [0.1, 0.15) is 11.0 Å². The van der Waals surface area contributed by atoms with Gasteiger partial charge in [0.25, 0.3) is 5.43 Å². The Hall–Kier alpha value is -1.27. The van der Waals surface area contributed by atoms with E-state index in [2.05, 4.69) is 0 Å². The molecule has 1 aromatic carbocycles. The second-order valence-corrected chi connectivity index (χ2v) is 7.50. The van der Waals surface area contributed by atoms with E-state index in [1.54, 1.807) is 6.20 Å². The fourth-order valence-electron chi connectivity index (χ4n) is 2.22. The highest BCUT2D eigenvalue weighted by Crippen LogP contribution is 2.35. The minimum atomic E-state index is -1.30. The summed E-state index contributed by atoms with van der Waals surface area (Å²) < 4.78 is 14.1. The van der Waals surface area contributed by atoms with Crippen LogP contribution in [0, 0.1) is 0 Å². The van der Waals surface area contributed by atoms with Crippen molar-refractivity contribution in [3.8, 4) is 10.4 Å². The van der Waals surface area contributed by atoms with Crippen molar-refractivity contribution in [3.05, 3.63) is 51.8 Å². The van der Waals surface area contributed by atoms with E-state index in [9.17, 15) is 9.35 Å². The molecule has 1 atom stereocenters. The summed E-state index contributed by atoms with van der Waals surface area (Å²) in [6.07, 6.45) is 3.16. The molecule has 21 heavy (non-hydrogen) atoms. The van der Waals surface area contributed by atoms with Crippen LogP contribution < -0.4 is 5.43 Å². The van der Waals surface area contributed by atoms with E-state index < -0.39 is 11.2 Å². The number of aryl methyl sites for hydroxylation is 1. The largest absolute Gasteiger partial charge is 0.612 e. The smallest absolute Gasteiger partial charge is 0.254 e. The lowest BCUT2D eigenvalue weighted by Gasteiger charge is -2.06. The average Bonchev–Trinajstić information content (AvgIpc) is 2.89. The number of halogens is 1. The normalized spacial score (nSPS) is 12.8. The van der Waals surface area contributed by atoms with Crippen LogP contribution in [0.2, 0.25) is 5.02 Å². The maximum Gasteiger partial charge on any atom is 0.254 e. The van der Waals surface area contributed by atoms with E-state index in [0.29, 0.717) is 14.6 Å². The van der Waals surface area contributed by atoms with Gasteiger partial charge in [0.05, 0.1) is 11.7 Å². The first kappa shape index (κ1) is 14.7. The second-order valence-electron chi connectivity index (χ2n) is 4.69. The quantitative estimate of drug-likeness (QED) is 0.670. The number of fused-ring (bicyclic) bond motifs is 1. The van der Waals surface area contributed by atoms with Crippen molar-refractivity contribution in [2.45, 2.75) is 4.90 Å². The van der Waals surface area contributed by atoms with Crippen molar-refractivity contribution >= 4 is 44.3 Å². The van der Waals surface area contributed by atoms with E-state index in [-0.39, 0.29) is 5.43 Å². The van der Waals surface area contributed by atoms with Gasteiger partial charge in [-0.25, -0.2) is 0 Å². The first-order valence-electron chi connectivity index (χ1n) is 6.20. The standard InChI is InChI=1S/C15H12ClNO2S2/c1-17-8-13(21(2)19)14(18)15-11(17)7-12(20-15)9-5-3-4-6-10(9)16/h3-8H,1-2H3. The maximum absolute atomic E-state index is 12.4. The van der Waals surface area contributed by atoms with Crippen molar-refractivity contribution in [2.75, 3.05) is 6.26 Å². The van der Waals surface area contributed by atoms with Crippen molar-refractivity contribution < 1.29 is 4.55 Å². The molecule has 108 valence electrons. The molecule has 2 aromatic heterocycles. The zero-order valence-corrected chi connectivity index (χ0v) is 13.8. The molecule has 2 heterocycles. The van der Waals surface area contributed by atoms with Crippen molar-refractivity contribution in [2.24, 2.45) is 7.05 Å². The van der Waals surface area contributed by atoms with E-state index in [4.69, 9.17) is 11.6 Å². The third kappa shape index (κ3) is 2.51. The van der Waals surface area contributed by atoms with E-state index in [0.717, 1.165) is 16.0 Å². The zero-order valence-electron chi connectivity index (χ0n) is 11.4. The molecule has 0 saturated heterocycles. The summed E-state index contributed by atoms with van der Waals surface area (Å²) in [7, 11) is 1.85. The molecule has 0 saturated carbocycles. The summed E-state index contributed by atoms with van der Waals surface area (Å²) >= 11 is 6.31. The second kappa shape index (κ2) is 5.50. The molecule has 0 aliphatic heterocycles. The molecule has 1 unspecified atom stereocenters. The molecular formula is C15H12ClNO2S2. The number of thiophene rings is 1. The summed E-state index contributed by atoms with van der Waals surface area (Å²) in [5, 5.41) is 0.651. The van der Waals surface area contributed by atoms with Gasteiger partial charge < -0.3 is 9.12 Å². The van der Waals surface area contributed by atoms with Crippen LogP contribution in [0.1, 0.15) is 0 Å². The highest BCUT2D eigenvalue weighted by Gasteiger charge is 2.18. The Morgan fingerprint density at radius 3 is 2.71 bits per heavy atom. The first-order valence-corrected chi connectivity index (χ1v) is 8.96. The van der Waals surface area contributed by atoms with Gasteiger partial charge in [-0.2, -0.15) is 0 Å². The Bertz CT molecular complexity index is 883. The van der Waals surface area contributed by atoms with Gasteiger partial charge in [-0.1, -0.05) is 29.8 Å². The monoisotopic (exact) mass is 337 g/mol. The van der Waals surface area contributed by atoms with Gasteiger partial charge >= 0.3 is 0 Å². The molecule has 0 bridgehead atoms. The Morgan fingerprint density at radius 1 is 1.33 bits per heavy atom. The van der Waals surface area contributed by atoms with Crippen LogP contribution in [-0.4, -0.2) is 15.4 Å². The van der Waals surface area contributed by atoms with Gasteiger partial charge in [-0.15, -0.1) is 11.3 Å². The van der Waals surface area contributed by atoms with E-state index in [1.165, 1.54) is 17.6 Å². The van der Waals surface area contributed by atoms with Crippen molar-refractivity contribution in [3.63, 3.8) is 0 Å². The highest BCUT2D eigenvalue weighted by molar-refractivity contribution is 7.90. The topological polar surface area (TPSA) is 45.1 Å². The van der Waals surface area contributed by atoms with Crippen molar-refractivity contribution in [1.29, 1.82) is 0 Å². The molecular weight excluding hydrogens is 326 g/mol. The zero-order chi connectivity index (χ0) is 15.1. The van der Waals surface area contributed by atoms with Gasteiger partial charge in [0, 0.05) is 22.5 Å². The predicted molar refractivity (Wildman–Crippen MR) is 89.8 cm³/mol. The van der Waals surface area contributed by atoms with Crippen LogP contribution >= 0.6 is 22.9 Å². The highest BCUT2D eigenvalue weighted by atomic mass is 35.5. The Balaban J connectivity index is 2.31. The summed E-state index contributed by atoms with van der Waals surface area (Å²) in [5.74, 6) is 0. The Morgan fingerprint density at radius 2 is 2.05 bits per heavy atom. The molecule has 0 fully saturated rings. The molecule has 0 aliphatic rings. The number of aromatic nitrogens is 1. The molecule has 0 amide bonds. The summed E-state index contributed by atoms with van der Waals surface area (Å²) in [6.45, 7) is 0. The number of pyridine rings is 1. The molecule has 0 spiro atoms. The van der Waals surface area contributed by atoms with Crippen LogP contribution in [0.25, 0.3) is 20.7 Å². The predicted octanol–water partition coefficient (Wildman–Crippen LogP) is 3.66. The Labute approximate surface area is 134 Å². The lowest BCUT2D eigenvalue weighted by Crippen LogP contribution is -2.15. The molecule has 0 aliphatic carbocycles. The minimum absolute atomic E-state index is 0.160. The first-order chi connectivity index (χ1) is 9.99. The number of benzene rings is 1. The van der Waals surface area contributed by atoms with Crippen molar-refractivity contribution in [1.82, 2.24) is 4.57 Å². The van der Waals surface area contributed by atoms with Crippen LogP contribution in [-0.2, 0) is 18.2 Å². The minimum Gasteiger partial charge on any atom is -0.612 e. The fourth-order valence-corrected chi connectivity index (χ4v) is 4.44. The lowest BCUT2D eigenvalue weighted by atomic mass is 10.2. The van der Waals surface area contributed by atoms with Crippen LogP contribution in [0.5, 0.6) is 0 Å². The molecule has 3 nitrogen and oxygen atoms in total. The molecule has 0 N–H and O–H groups in total. The van der Waals surface area contributed by atoms with Crippen LogP contribution in [0.4, 0.5) is 0 Å². The summed E-state index contributed by atoms with van der Waals surface area (Å²) in [6, 6.07) is 9.49. The number of nitrogens with zero attached hydrogens (tertiary/aromatic N) is 1. The third-order valence-electron chi connectivity index (χ3n) is 3.28. The Kier molecular flexibility index (Phi) is 3.84. The van der Waals surface area contributed by atoms with Gasteiger partial charge in [-0.05, 0) is 23.3 Å². The van der Waals surface area contributed by atoms with E-state index >= 15 is 0 Å². The lowest BCUT2D eigenvalue weighted by molar-refractivity contribution is 0.599. The van der Waals surface area contributed by atoms with Crippen LogP contribution in [0.15, 0.2) is 46.2 Å². The third-order valence-corrected chi connectivity index (χ3v) is 5.68. The molecule has 6 heteroatoms. The number of rotatable bonds is 2. The van der Waals surface area contributed by atoms with E-state index in [1.807, 2.05) is 41.9 Å². The van der Waals surface area contributed by atoms with Crippen LogP contribution in [0.3, 0.4) is 0 Å². The van der Waals surface area contributed by atoms with Gasteiger partial charge in [0.2, 0.25) is 4.90 Å². The fraction of sp³-hybridized carbons (Fsp3) is 0.133. The average molecular weight is 338 g/mol. The molecule has 0 radical (unpaired) electrons. The van der Waals surface area contributed by atoms with Gasteiger partial charge in [0.15, 0.2) is 0 Å². The molecule has 3 aromatic rings. The summed E-state index contributed by atoms with van der Waals surface area (Å²) in [4.78, 5) is 13.7.